The van der Waals surface area contributed by atoms with Gasteiger partial charge in [0.2, 0.25) is 0 Å². The van der Waals surface area contributed by atoms with E-state index in [1.165, 1.54) is 0 Å². The van der Waals surface area contributed by atoms with Gasteiger partial charge in [-0.2, -0.15) is 0 Å². The lowest BCUT2D eigenvalue weighted by atomic mass is 9.94. The molecular formula is C14H19NO3. The minimum absolute atomic E-state index is 0.191. The van der Waals surface area contributed by atoms with E-state index in [9.17, 15) is 9.90 Å². The molecule has 4 nitrogen and oxygen atoms in total. The Morgan fingerprint density at radius 1 is 1.44 bits per heavy atom. The molecule has 0 radical (unpaired) electrons. The van der Waals surface area contributed by atoms with Gasteiger partial charge in [0, 0.05) is 20.2 Å². The molecule has 4 heteroatoms. The number of anilines is 1. The lowest BCUT2D eigenvalue weighted by Gasteiger charge is -2.41. The van der Waals surface area contributed by atoms with Crippen LogP contribution in [0.2, 0.25) is 0 Å². The molecule has 0 spiro atoms. The summed E-state index contributed by atoms with van der Waals surface area (Å²) in [4.78, 5) is 13.3. The molecule has 1 aliphatic heterocycles. The fourth-order valence-electron chi connectivity index (χ4n) is 2.51. The van der Waals surface area contributed by atoms with Gasteiger partial charge in [-0.15, -0.1) is 0 Å². The molecule has 1 saturated heterocycles. The lowest BCUT2D eigenvalue weighted by molar-refractivity contribution is -0.00472. The van der Waals surface area contributed by atoms with Crippen LogP contribution < -0.4 is 4.90 Å². The maximum absolute atomic E-state index is 11.2. The standard InChI is InChI=1S/C14H19NO3/c1-14(18-2)8-5-9-15(10-14)12-7-4-3-6-11(12)13(16)17/h3-4,6-7H,5,8-10H2,1-2H3,(H,16,17). The minimum Gasteiger partial charge on any atom is -0.478 e. The first-order valence-corrected chi connectivity index (χ1v) is 6.18. The molecule has 1 N–H and O–H groups in total. The van der Waals surface area contributed by atoms with Crippen LogP contribution in [-0.2, 0) is 4.74 Å². The third kappa shape index (κ3) is 2.48. The summed E-state index contributed by atoms with van der Waals surface area (Å²) in [7, 11) is 1.71. The zero-order valence-corrected chi connectivity index (χ0v) is 10.8. The largest absolute Gasteiger partial charge is 0.478 e. The number of carbonyl (C=O) groups is 1. The van der Waals surface area contributed by atoms with Gasteiger partial charge >= 0.3 is 5.97 Å². The Morgan fingerprint density at radius 3 is 2.83 bits per heavy atom. The number of ether oxygens (including phenoxy) is 1. The predicted molar refractivity (Wildman–Crippen MR) is 70.3 cm³/mol. The first kappa shape index (κ1) is 12.9. The van der Waals surface area contributed by atoms with Crippen LogP contribution in [-0.4, -0.2) is 36.9 Å². The molecular weight excluding hydrogens is 230 g/mol. The van der Waals surface area contributed by atoms with Crippen molar-refractivity contribution < 1.29 is 14.6 Å². The second-order valence-corrected chi connectivity index (χ2v) is 5.00. The van der Waals surface area contributed by atoms with Crippen molar-refractivity contribution in [1.29, 1.82) is 0 Å². The van der Waals surface area contributed by atoms with E-state index < -0.39 is 5.97 Å². The number of methoxy groups -OCH3 is 1. The van der Waals surface area contributed by atoms with E-state index in [0.29, 0.717) is 5.56 Å². The van der Waals surface area contributed by atoms with Gasteiger partial charge in [0.05, 0.1) is 16.9 Å². The molecule has 0 amide bonds. The molecule has 2 rings (SSSR count). The third-order valence-electron chi connectivity index (χ3n) is 3.63. The van der Waals surface area contributed by atoms with E-state index in [2.05, 4.69) is 11.8 Å². The number of aromatic carboxylic acids is 1. The quantitative estimate of drug-likeness (QED) is 0.893. The van der Waals surface area contributed by atoms with Crippen LogP contribution in [0.1, 0.15) is 30.1 Å². The number of para-hydroxylation sites is 1. The fraction of sp³-hybridized carbons (Fsp3) is 0.500. The molecule has 1 atom stereocenters. The van der Waals surface area contributed by atoms with Crippen molar-refractivity contribution in [3.63, 3.8) is 0 Å². The summed E-state index contributed by atoms with van der Waals surface area (Å²) in [5.41, 5.74) is 0.954. The highest BCUT2D eigenvalue weighted by Gasteiger charge is 2.32. The second kappa shape index (κ2) is 4.98. The van der Waals surface area contributed by atoms with Gasteiger partial charge in [-0.05, 0) is 31.9 Å². The normalized spacial score (nSPS) is 24.0. The van der Waals surface area contributed by atoms with E-state index in [4.69, 9.17) is 4.74 Å². The van der Waals surface area contributed by atoms with Crippen LogP contribution in [0.3, 0.4) is 0 Å². The van der Waals surface area contributed by atoms with Crippen LogP contribution >= 0.6 is 0 Å². The Morgan fingerprint density at radius 2 is 2.17 bits per heavy atom. The van der Waals surface area contributed by atoms with Crippen molar-refractivity contribution in [3.8, 4) is 0 Å². The van der Waals surface area contributed by atoms with E-state index in [1.807, 2.05) is 12.1 Å². The molecule has 1 aromatic rings. The van der Waals surface area contributed by atoms with Gasteiger partial charge in [-0.3, -0.25) is 0 Å². The maximum Gasteiger partial charge on any atom is 0.337 e. The Hall–Kier alpha value is -1.55. The van der Waals surface area contributed by atoms with E-state index >= 15 is 0 Å². The van der Waals surface area contributed by atoms with Gasteiger partial charge in [-0.25, -0.2) is 4.79 Å². The van der Waals surface area contributed by atoms with Crippen molar-refractivity contribution in [2.45, 2.75) is 25.4 Å². The molecule has 1 aromatic carbocycles. The summed E-state index contributed by atoms with van der Waals surface area (Å²) in [6.45, 7) is 3.68. The maximum atomic E-state index is 11.2. The molecule has 1 fully saturated rings. The molecule has 0 bridgehead atoms. The zero-order chi connectivity index (χ0) is 13.2. The zero-order valence-electron chi connectivity index (χ0n) is 10.8. The molecule has 0 aliphatic carbocycles. The SMILES string of the molecule is COC1(C)CCCN(c2ccccc2C(=O)O)C1. The Balaban J connectivity index is 2.29. The van der Waals surface area contributed by atoms with Crippen LogP contribution in [0.25, 0.3) is 0 Å². The van der Waals surface area contributed by atoms with Crippen LogP contribution in [0.5, 0.6) is 0 Å². The Labute approximate surface area is 107 Å². The molecule has 18 heavy (non-hydrogen) atoms. The van der Waals surface area contributed by atoms with Gasteiger partial charge in [-0.1, -0.05) is 12.1 Å². The second-order valence-electron chi connectivity index (χ2n) is 5.00. The molecule has 1 heterocycles. The number of carboxylic acids is 1. The van der Waals surface area contributed by atoms with E-state index in [-0.39, 0.29) is 5.60 Å². The number of hydrogen-bond donors (Lipinski definition) is 1. The third-order valence-corrected chi connectivity index (χ3v) is 3.63. The number of piperidine rings is 1. The van der Waals surface area contributed by atoms with Gasteiger partial charge in [0.1, 0.15) is 0 Å². The summed E-state index contributed by atoms with van der Waals surface area (Å²) < 4.78 is 5.54. The number of carboxylic acid groups (broad SMARTS) is 1. The average Bonchev–Trinajstić information content (AvgIpc) is 2.39. The van der Waals surface area contributed by atoms with E-state index in [1.54, 1.807) is 19.2 Å². The number of hydrogen-bond acceptors (Lipinski definition) is 3. The lowest BCUT2D eigenvalue weighted by Crippen LogP contribution is -2.47. The summed E-state index contributed by atoms with van der Waals surface area (Å²) >= 11 is 0. The molecule has 1 unspecified atom stereocenters. The average molecular weight is 249 g/mol. The first-order chi connectivity index (χ1) is 8.56. The molecule has 1 aliphatic rings. The van der Waals surface area contributed by atoms with Gasteiger partial charge < -0.3 is 14.7 Å². The molecule has 0 aromatic heterocycles. The topological polar surface area (TPSA) is 49.8 Å². The van der Waals surface area contributed by atoms with Crippen molar-refractivity contribution >= 4 is 11.7 Å². The summed E-state index contributed by atoms with van der Waals surface area (Å²) in [6, 6.07) is 7.15. The van der Waals surface area contributed by atoms with Crippen molar-refractivity contribution in [2.24, 2.45) is 0 Å². The summed E-state index contributed by atoms with van der Waals surface area (Å²) in [5.74, 6) is -0.879. The Bertz CT molecular complexity index is 446. The van der Waals surface area contributed by atoms with Gasteiger partial charge in [0.25, 0.3) is 0 Å². The minimum atomic E-state index is -0.879. The highest BCUT2D eigenvalue weighted by molar-refractivity contribution is 5.94. The highest BCUT2D eigenvalue weighted by atomic mass is 16.5. The molecule has 0 saturated carbocycles. The molecule has 98 valence electrons. The van der Waals surface area contributed by atoms with Gasteiger partial charge in [0.15, 0.2) is 0 Å². The summed E-state index contributed by atoms with van der Waals surface area (Å²) in [6.07, 6.45) is 2.02. The predicted octanol–water partition coefficient (Wildman–Crippen LogP) is 2.39. The van der Waals surface area contributed by atoms with Crippen LogP contribution in [0.15, 0.2) is 24.3 Å². The van der Waals surface area contributed by atoms with E-state index in [0.717, 1.165) is 31.6 Å². The first-order valence-electron chi connectivity index (χ1n) is 6.18. The summed E-state index contributed by atoms with van der Waals surface area (Å²) in [5, 5.41) is 9.23. The van der Waals surface area contributed by atoms with Crippen LogP contribution in [0.4, 0.5) is 5.69 Å². The Kier molecular flexibility index (Phi) is 3.57. The number of benzene rings is 1. The highest BCUT2D eigenvalue weighted by Crippen LogP contribution is 2.29. The van der Waals surface area contributed by atoms with Crippen molar-refractivity contribution in [2.75, 3.05) is 25.1 Å². The van der Waals surface area contributed by atoms with Crippen molar-refractivity contribution in [1.82, 2.24) is 0 Å². The smallest absolute Gasteiger partial charge is 0.337 e. The number of nitrogens with zero attached hydrogens (tertiary/aromatic N) is 1. The monoisotopic (exact) mass is 249 g/mol. The van der Waals surface area contributed by atoms with Crippen LogP contribution in [0, 0.1) is 0 Å². The van der Waals surface area contributed by atoms with Crippen molar-refractivity contribution in [3.05, 3.63) is 29.8 Å². The fourth-order valence-corrected chi connectivity index (χ4v) is 2.51. The number of rotatable bonds is 3.